The minimum atomic E-state index is -0.628. The van der Waals surface area contributed by atoms with Crippen molar-refractivity contribution in [3.63, 3.8) is 0 Å². The lowest BCUT2D eigenvalue weighted by Gasteiger charge is -2.36. The zero-order valence-corrected chi connectivity index (χ0v) is 30.8. The van der Waals surface area contributed by atoms with Crippen molar-refractivity contribution >= 4 is 23.4 Å². The van der Waals surface area contributed by atoms with Crippen LogP contribution < -0.4 is 9.80 Å². The van der Waals surface area contributed by atoms with Crippen LogP contribution in [0.2, 0.25) is 5.02 Å². The molecule has 49 heavy (non-hydrogen) atoms. The van der Waals surface area contributed by atoms with Crippen LogP contribution in [0.3, 0.4) is 0 Å². The Balaban J connectivity index is 0.000000226. The van der Waals surface area contributed by atoms with Crippen LogP contribution in [0.4, 0.5) is 10.5 Å². The van der Waals surface area contributed by atoms with Gasteiger partial charge in [0.05, 0.1) is 37.8 Å². The molecule has 0 radical (unpaired) electrons. The van der Waals surface area contributed by atoms with Crippen LogP contribution in [0.15, 0.2) is 85.1 Å². The van der Waals surface area contributed by atoms with E-state index in [1.54, 1.807) is 41.2 Å². The van der Waals surface area contributed by atoms with E-state index in [1.807, 2.05) is 24.3 Å². The highest BCUT2D eigenvalue weighted by Gasteiger charge is 2.23. The highest BCUT2D eigenvalue weighted by Crippen LogP contribution is 2.25. The Morgan fingerprint density at radius 1 is 0.980 bits per heavy atom. The molecule has 1 aromatic heterocycles. The van der Waals surface area contributed by atoms with Gasteiger partial charge in [-0.05, 0) is 73.1 Å². The summed E-state index contributed by atoms with van der Waals surface area (Å²) in [5.74, 6) is 1.12. The number of aromatic nitrogens is 2. The van der Waals surface area contributed by atoms with Gasteiger partial charge in [-0.2, -0.15) is 5.06 Å². The number of para-hydroxylation sites is 1. The van der Waals surface area contributed by atoms with Gasteiger partial charge in [0.2, 0.25) is 5.88 Å². The summed E-state index contributed by atoms with van der Waals surface area (Å²) >= 11 is 5.91. The molecule has 3 aromatic carbocycles. The van der Waals surface area contributed by atoms with E-state index in [9.17, 15) is 4.79 Å². The van der Waals surface area contributed by atoms with Crippen LogP contribution >= 0.6 is 11.6 Å². The maximum atomic E-state index is 11.9. The normalized spacial score (nSPS) is 17.1. The molecular formula is C39H51ClN4O5. The Hall–Kier alpha value is -3.89. The van der Waals surface area contributed by atoms with Crippen molar-refractivity contribution in [1.29, 1.82) is 0 Å². The minimum absolute atomic E-state index is 0.199. The highest BCUT2D eigenvalue weighted by molar-refractivity contribution is 6.30. The van der Waals surface area contributed by atoms with Crippen LogP contribution in [0.25, 0.3) is 5.69 Å². The van der Waals surface area contributed by atoms with Gasteiger partial charge in [0, 0.05) is 42.5 Å². The van der Waals surface area contributed by atoms with E-state index in [4.69, 9.17) is 30.6 Å². The number of carbonyl (C=O) groups excluding carboxylic acids is 1. The summed E-state index contributed by atoms with van der Waals surface area (Å²) in [4.78, 5) is 19.6. The zero-order chi connectivity index (χ0) is 35.6. The molecule has 3 atom stereocenters. The zero-order valence-electron chi connectivity index (χ0n) is 30.1. The number of hydrogen-bond donors (Lipinski definition) is 0. The summed E-state index contributed by atoms with van der Waals surface area (Å²) in [6.45, 7) is 17.0. The second-order valence-electron chi connectivity index (χ2n) is 13.7. The summed E-state index contributed by atoms with van der Waals surface area (Å²) < 4.78 is 18.0. The van der Waals surface area contributed by atoms with Crippen LogP contribution in [-0.4, -0.2) is 66.8 Å². The van der Waals surface area contributed by atoms with Crippen molar-refractivity contribution in [3.05, 3.63) is 107 Å². The van der Waals surface area contributed by atoms with E-state index in [1.165, 1.54) is 31.9 Å². The third-order valence-electron chi connectivity index (χ3n) is 8.23. The Morgan fingerprint density at radius 2 is 1.63 bits per heavy atom. The van der Waals surface area contributed by atoms with Crippen molar-refractivity contribution in [2.24, 2.45) is 5.92 Å². The smallest absolute Gasteiger partial charge is 0.438 e. The van der Waals surface area contributed by atoms with Crippen molar-refractivity contribution in [1.82, 2.24) is 14.7 Å². The van der Waals surface area contributed by atoms with Crippen LogP contribution in [-0.2, 0) is 32.8 Å². The van der Waals surface area contributed by atoms with E-state index in [-0.39, 0.29) is 12.0 Å². The molecular weight excluding hydrogens is 640 g/mol. The number of anilines is 1. The fraction of sp³-hybridized carbons (Fsp3) is 0.436. The van der Waals surface area contributed by atoms with Gasteiger partial charge in [-0.25, -0.2) is 9.48 Å². The van der Waals surface area contributed by atoms with Crippen LogP contribution in [0.5, 0.6) is 5.88 Å². The first kappa shape index (κ1) is 37.9. The maximum absolute atomic E-state index is 11.9. The van der Waals surface area contributed by atoms with Crippen molar-refractivity contribution in [3.8, 4) is 11.6 Å². The molecule has 9 nitrogen and oxygen atoms in total. The maximum Gasteiger partial charge on any atom is 0.438 e. The fourth-order valence-electron chi connectivity index (χ4n) is 5.94. The Morgan fingerprint density at radius 3 is 2.24 bits per heavy atom. The first-order valence-corrected chi connectivity index (χ1v) is 17.2. The van der Waals surface area contributed by atoms with Crippen LogP contribution in [0.1, 0.15) is 58.2 Å². The topological polar surface area (TPSA) is 78.3 Å². The number of amides is 1. The lowest BCUT2D eigenvalue weighted by molar-refractivity contribution is -0.0708. The highest BCUT2D eigenvalue weighted by atomic mass is 35.5. The average molecular weight is 691 g/mol. The van der Waals surface area contributed by atoms with E-state index in [0.717, 1.165) is 35.8 Å². The monoisotopic (exact) mass is 690 g/mol. The van der Waals surface area contributed by atoms with E-state index < -0.39 is 6.09 Å². The Kier molecular flexibility index (Phi) is 13.7. The van der Waals surface area contributed by atoms with Crippen molar-refractivity contribution < 1.29 is 23.8 Å². The molecule has 1 amide bonds. The van der Waals surface area contributed by atoms with Gasteiger partial charge in [-0.1, -0.05) is 81.8 Å². The molecule has 0 aliphatic carbocycles. The third-order valence-corrected chi connectivity index (χ3v) is 8.49. The second kappa shape index (κ2) is 17.7. The SMILES string of the molecule is CC(Cc1ccc(C(C)(C)C)cc1)CN1C[C@@H](C)O[C@@H](C)C1.COC(=O)N(OC)c1ccccc1COc1ccn(-c2ccc(Cl)cc2)n1. The quantitative estimate of drug-likeness (QED) is 0.154. The number of nitrogens with zero attached hydrogens (tertiary/aromatic N) is 4. The fourth-order valence-corrected chi connectivity index (χ4v) is 6.07. The Bertz CT molecular complexity index is 1590. The number of morpholine rings is 1. The third kappa shape index (κ3) is 11.3. The number of halogens is 1. The van der Waals surface area contributed by atoms with Crippen LogP contribution in [0, 0.1) is 5.92 Å². The number of rotatable bonds is 10. The summed E-state index contributed by atoms with van der Waals surface area (Å²) in [7, 11) is 2.68. The standard InChI is InChI=1S/C20H33NO.C19H18ClN3O4/c1-15(12-21-13-16(2)22-17(3)14-21)11-18-7-9-19(10-8-18)20(4,5)6;1-25-19(24)23(26-2)17-6-4-3-5-14(17)13-27-18-11-12-22(21-18)16-9-7-15(20)8-10-16/h7-10,15-17H,11-14H2,1-6H3;3-12H,13H2,1-2H3/t15?,16-,17+;. The molecule has 2 heterocycles. The minimum Gasteiger partial charge on any atom is -0.472 e. The van der Waals surface area contributed by atoms with Gasteiger partial charge >= 0.3 is 6.09 Å². The first-order valence-electron chi connectivity index (χ1n) is 16.8. The van der Waals surface area contributed by atoms with Gasteiger partial charge in [-0.3, -0.25) is 9.74 Å². The molecule has 0 N–H and O–H groups in total. The predicted molar refractivity (Wildman–Crippen MR) is 196 cm³/mol. The van der Waals surface area contributed by atoms with Gasteiger partial charge in [-0.15, -0.1) is 5.10 Å². The molecule has 4 aromatic rings. The molecule has 1 aliphatic heterocycles. The number of ether oxygens (including phenoxy) is 3. The van der Waals surface area contributed by atoms with E-state index >= 15 is 0 Å². The lowest BCUT2D eigenvalue weighted by Crippen LogP contribution is -2.47. The molecule has 1 fully saturated rings. The molecule has 5 rings (SSSR count). The molecule has 264 valence electrons. The molecule has 1 saturated heterocycles. The largest absolute Gasteiger partial charge is 0.472 e. The van der Waals surface area contributed by atoms with E-state index in [2.05, 4.69) is 75.8 Å². The molecule has 1 unspecified atom stereocenters. The summed E-state index contributed by atoms with van der Waals surface area (Å²) in [5.41, 5.74) is 5.25. The summed E-state index contributed by atoms with van der Waals surface area (Å²) in [6, 6.07) is 25.5. The summed E-state index contributed by atoms with van der Waals surface area (Å²) in [6.07, 6.45) is 3.05. The molecule has 0 saturated carbocycles. The number of hydrogen-bond acceptors (Lipinski definition) is 7. The molecule has 1 aliphatic rings. The first-order chi connectivity index (χ1) is 23.4. The molecule has 10 heteroatoms. The number of methoxy groups -OCH3 is 1. The number of carbonyl (C=O) groups is 1. The lowest BCUT2D eigenvalue weighted by atomic mass is 9.86. The second-order valence-corrected chi connectivity index (χ2v) is 14.1. The number of benzene rings is 3. The summed E-state index contributed by atoms with van der Waals surface area (Å²) in [5, 5.41) is 6.11. The molecule has 0 bridgehead atoms. The van der Waals surface area contributed by atoms with Crippen molar-refractivity contribution in [2.45, 2.75) is 72.2 Å². The number of hydroxylamine groups is 1. The Labute approximate surface area is 296 Å². The van der Waals surface area contributed by atoms with Crippen molar-refractivity contribution in [2.75, 3.05) is 38.9 Å². The van der Waals surface area contributed by atoms with Gasteiger partial charge in [0.1, 0.15) is 6.61 Å². The van der Waals surface area contributed by atoms with Gasteiger partial charge < -0.3 is 14.2 Å². The van der Waals surface area contributed by atoms with E-state index in [0.29, 0.717) is 34.7 Å². The van der Waals surface area contributed by atoms with Gasteiger partial charge in [0.15, 0.2) is 0 Å². The predicted octanol–water partition coefficient (Wildman–Crippen LogP) is 8.51. The molecule has 0 spiro atoms. The van der Waals surface area contributed by atoms with Gasteiger partial charge in [0.25, 0.3) is 0 Å². The average Bonchev–Trinajstić information content (AvgIpc) is 3.53.